The van der Waals surface area contributed by atoms with Crippen LogP contribution in [0.2, 0.25) is 0 Å². The quantitative estimate of drug-likeness (QED) is 0.488. The number of benzene rings is 3. The zero-order valence-corrected chi connectivity index (χ0v) is 14.9. The molecule has 0 N–H and O–H groups in total. The molecule has 25 heavy (non-hydrogen) atoms. The fourth-order valence-corrected chi connectivity index (χ4v) is 6.17. The lowest BCUT2D eigenvalue weighted by Crippen LogP contribution is -2.03. The average molecular weight is 358 g/mol. The van der Waals surface area contributed by atoms with E-state index in [9.17, 15) is 4.79 Å². The highest BCUT2D eigenvalue weighted by Crippen LogP contribution is 2.56. The first-order chi connectivity index (χ1) is 12.3. The third-order valence-electron chi connectivity index (χ3n) is 4.66. The Balaban J connectivity index is 1.71. The van der Waals surface area contributed by atoms with E-state index in [1.54, 1.807) is 23.5 Å². The maximum absolute atomic E-state index is 13.2. The molecule has 3 aromatic rings. The van der Waals surface area contributed by atoms with E-state index in [0.29, 0.717) is 0 Å². The second-order valence-corrected chi connectivity index (χ2v) is 8.47. The van der Waals surface area contributed by atoms with E-state index in [0.717, 1.165) is 20.9 Å². The molecule has 1 unspecified atom stereocenters. The van der Waals surface area contributed by atoms with Crippen molar-refractivity contribution in [2.24, 2.45) is 0 Å². The van der Waals surface area contributed by atoms with Gasteiger partial charge in [-0.3, -0.25) is 4.79 Å². The van der Waals surface area contributed by atoms with Gasteiger partial charge < -0.3 is 0 Å². The first-order valence-corrected chi connectivity index (χ1v) is 9.84. The summed E-state index contributed by atoms with van der Waals surface area (Å²) >= 11 is 3.46. The molecule has 5 rings (SSSR count). The Kier molecular flexibility index (Phi) is 3.58. The van der Waals surface area contributed by atoms with Crippen molar-refractivity contribution < 1.29 is 4.79 Å². The number of fused-ring (bicyclic) bond motifs is 2. The number of rotatable bonds is 1. The van der Waals surface area contributed by atoms with E-state index in [4.69, 9.17) is 0 Å². The molecule has 1 aliphatic heterocycles. The average Bonchev–Trinajstić information content (AvgIpc) is 3.21. The Morgan fingerprint density at radius 2 is 1.28 bits per heavy atom. The molecule has 0 saturated heterocycles. The Morgan fingerprint density at radius 1 is 0.680 bits per heavy atom. The number of carbonyl (C=O) groups is 1. The molecule has 3 heteroatoms. The molecule has 1 aliphatic carbocycles. The van der Waals surface area contributed by atoms with E-state index in [1.165, 1.54) is 15.4 Å². The van der Waals surface area contributed by atoms with E-state index in [-0.39, 0.29) is 11.7 Å². The zero-order valence-electron chi connectivity index (χ0n) is 13.3. The smallest absolute Gasteiger partial charge is 0.191 e. The number of thioether (sulfide) groups is 2. The van der Waals surface area contributed by atoms with Crippen molar-refractivity contribution in [2.45, 2.75) is 15.7 Å². The fraction of sp³-hybridized carbons (Fsp3) is 0.0455. The van der Waals surface area contributed by atoms with E-state index in [1.807, 2.05) is 36.4 Å². The Bertz CT molecular complexity index is 994. The van der Waals surface area contributed by atoms with Crippen LogP contribution in [0.4, 0.5) is 0 Å². The Morgan fingerprint density at radius 3 is 2.00 bits per heavy atom. The molecule has 0 bridgehead atoms. The summed E-state index contributed by atoms with van der Waals surface area (Å²) in [4.78, 5) is 15.7. The van der Waals surface area contributed by atoms with Crippen molar-refractivity contribution in [1.82, 2.24) is 0 Å². The molecule has 1 atom stereocenters. The van der Waals surface area contributed by atoms with Crippen molar-refractivity contribution >= 4 is 29.3 Å². The highest BCUT2D eigenvalue weighted by Gasteiger charge is 2.39. The van der Waals surface area contributed by atoms with E-state index >= 15 is 0 Å². The minimum atomic E-state index is 0.0224. The lowest BCUT2D eigenvalue weighted by atomic mass is 9.90. The van der Waals surface area contributed by atoms with Gasteiger partial charge in [0.25, 0.3) is 0 Å². The lowest BCUT2D eigenvalue weighted by molar-refractivity contribution is 0.103. The second-order valence-electron chi connectivity index (χ2n) is 6.11. The minimum absolute atomic E-state index is 0.0224. The van der Waals surface area contributed by atoms with Gasteiger partial charge in [-0.05, 0) is 23.3 Å². The van der Waals surface area contributed by atoms with E-state index in [2.05, 4.69) is 42.5 Å². The zero-order chi connectivity index (χ0) is 16.8. The summed E-state index contributed by atoms with van der Waals surface area (Å²) in [5.41, 5.74) is 4.08. The van der Waals surface area contributed by atoms with Crippen molar-refractivity contribution in [1.29, 1.82) is 0 Å². The van der Waals surface area contributed by atoms with Crippen molar-refractivity contribution in [3.63, 3.8) is 0 Å². The normalized spacial score (nSPS) is 18.4. The molecule has 3 aromatic carbocycles. The van der Waals surface area contributed by atoms with Gasteiger partial charge in [0.2, 0.25) is 0 Å². The van der Waals surface area contributed by atoms with Gasteiger partial charge >= 0.3 is 0 Å². The van der Waals surface area contributed by atoms with Gasteiger partial charge in [-0.25, -0.2) is 0 Å². The number of allylic oxidation sites excluding steroid dienone is 1. The molecule has 0 fully saturated rings. The number of hydrogen-bond donors (Lipinski definition) is 0. The van der Waals surface area contributed by atoms with Gasteiger partial charge in [0.05, 0.1) is 4.24 Å². The van der Waals surface area contributed by atoms with Gasteiger partial charge in [-0.2, -0.15) is 0 Å². The van der Waals surface area contributed by atoms with Gasteiger partial charge in [0, 0.05) is 26.8 Å². The molecule has 0 saturated carbocycles. The van der Waals surface area contributed by atoms with E-state index < -0.39 is 0 Å². The number of ketones is 1. The maximum Gasteiger partial charge on any atom is 0.191 e. The van der Waals surface area contributed by atoms with Gasteiger partial charge in [0.15, 0.2) is 5.78 Å². The first kappa shape index (κ1) is 15.1. The molecule has 0 spiro atoms. The SMILES string of the molecule is O=C1C(=C2Sc3ccccc3S2)C(c2ccccc2)c2ccccc21. The van der Waals surface area contributed by atoms with Gasteiger partial charge in [-0.1, -0.05) is 90.3 Å². The van der Waals surface area contributed by atoms with Crippen molar-refractivity contribution in [2.75, 3.05) is 0 Å². The monoisotopic (exact) mass is 358 g/mol. The Hall–Kier alpha value is -2.23. The minimum Gasteiger partial charge on any atom is -0.289 e. The topological polar surface area (TPSA) is 17.1 Å². The predicted octanol–water partition coefficient (Wildman–Crippen LogP) is 6.12. The molecule has 0 amide bonds. The highest BCUT2D eigenvalue weighted by atomic mass is 32.2. The molecular weight excluding hydrogens is 344 g/mol. The Labute approximate surface area is 155 Å². The predicted molar refractivity (Wildman–Crippen MR) is 104 cm³/mol. The summed E-state index contributed by atoms with van der Waals surface area (Å²) in [7, 11) is 0. The summed E-state index contributed by atoms with van der Waals surface area (Å²) in [5, 5.41) is 0. The van der Waals surface area contributed by atoms with Crippen LogP contribution in [0.5, 0.6) is 0 Å². The largest absolute Gasteiger partial charge is 0.289 e. The molecule has 120 valence electrons. The molecule has 1 heterocycles. The van der Waals surface area contributed by atoms with Crippen LogP contribution in [0.15, 0.2) is 98.5 Å². The van der Waals surface area contributed by atoms with Gasteiger partial charge in [0.1, 0.15) is 0 Å². The van der Waals surface area contributed by atoms with Crippen LogP contribution in [-0.4, -0.2) is 5.78 Å². The summed E-state index contributed by atoms with van der Waals surface area (Å²) in [6.07, 6.45) is 0. The molecule has 1 nitrogen and oxygen atoms in total. The second kappa shape index (κ2) is 5.94. The van der Waals surface area contributed by atoms with Crippen LogP contribution in [0.1, 0.15) is 27.4 Å². The fourth-order valence-electron chi connectivity index (χ4n) is 3.54. The number of hydrogen-bond acceptors (Lipinski definition) is 3. The summed E-state index contributed by atoms with van der Waals surface area (Å²) in [6, 6.07) is 26.8. The summed E-state index contributed by atoms with van der Waals surface area (Å²) in [6.45, 7) is 0. The maximum atomic E-state index is 13.2. The highest BCUT2D eigenvalue weighted by molar-refractivity contribution is 8.24. The van der Waals surface area contributed by atoms with Crippen molar-refractivity contribution in [3.05, 3.63) is 105 Å². The van der Waals surface area contributed by atoms with Crippen LogP contribution in [0.25, 0.3) is 0 Å². The summed E-state index contributed by atoms with van der Waals surface area (Å²) in [5.74, 6) is 0.196. The number of carbonyl (C=O) groups excluding carboxylic acids is 1. The van der Waals surface area contributed by atoms with Crippen LogP contribution in [0, 0.1) is 0 Å². The molecule has 0 aromatic heterocycles. The van der Waals surface area contributed by atoms with Crippen LogP contribution in [-0.2, 0) is 0 Å². The third-order valence-corrected chi connectivity index (χ3v) is 7.25. The molecule has 2 aliphatic rings. The third kappa shape index (κ3) is 2.38. The standard InChI is InChI=1S/C22H14OS2/c23-21-16-11-5-4-10-15(16)19(14-8-2-1-3-9-14)20(21)22-24-17-12-6-7-13-18(17)25-22/h1-13,19H. The van der Waals surface area contributed by atoms with Crippen LogP contribution in [0.3, 0.4) is 0 Å². The molecule has 0 radical (unpaired) electrons. The number of Topliss-reactive ketones (excluding diaryl/α,β-unsaturated/α-hetero) is 1. The van der Waals surface area contributed by atoms with Crippen LogP contribution >= 0.6 is 23.5 Å². The lowest BCUT2D eigenvalue weighted by Gasteiger charge is -2.15. The first-order valence-electron chi connectivity index (χ1n) is 8.20. The summed E-state index contributed by atoms with van der Waals surface area (Å²) < 4.78 is 1.12. The molecular formula is C22H14OS2. The van der Waals surface area contributed by atoms with Gasteiger partial charge in [-0.15, -0.1) is 0 Å². The van der Waals surface area contributed by atoms with Crippen LogP contribution < -0.4 is 0 Å². The van der Waals surface area contributed by atoms with Crippen molar-refractivity contribution in [3.8, 4) is 0 Å².